The van der Waals surface area contributed by atoms with Crippen molar-refractivity contribution in [2.24, 2.45) is 0 Å². The fourth-order valence-electron chi connectivity index (χ4n) is 8.41. The Morgan fingerprint density at radius 2 is 0.492 bits per heavy atom. The molecule has 0 N–H and O–H groups in total. The SMILES string of the molecule is CC.[Cu+2].c1ccc2cc3c(cc2c1)-c1nc-3nc2[n-]c(nc3nc(nc4[n-]c(n1)c1cc5ccccc5cc41)-c1cc4ccccc4cc1-3)c1cc3ccccc3cc21. The van der Waals surface area contributed by atoms with Crippen LogP contribution < -0.4 is 9.97 Å². The maximum Gasteiger partial charge on any atom is 2.00 e. The summed E-state index contributed by atoms with van der Waals surface area (Å²) in [6.07, 6.45) is 0. The van der Waals surface area contributed by atoms with E-state index in [1.165, 1.54) is 0 Å². The van der Waals surface area contributed by atoms with E-state index in [0.29, 0.717) is 45.9 Å². The number of benzene rings is 8. The topological polar surface area (TPSA) is 106 Å². The third-order valence-electron chi connectivity index (χ3n) is 11.2. The molecule has 0 aliphatic carbocycles. The Morgan fingerprint density at radius 3 is 0.712 bits per heavy atom. The van der Waals surface area contributed by atoms with Gasteiger partial charge in [0, 0.05) is 44.8 Å². The van der Waals surface area contributed by atoms with Crippen molar-refractivity contribution in [3.05, 3.63) is 146 Å². The van der Waals surface area contributed by atoms with E-state index in [2.05, 4.69) is 97.1 Å². The van der Waals surface area contributed by atoms with Gasteiger partial charge in [0.1, 0.15) is 0 Å². The molecule has 0 amide bonds. The first kappa shape index (κ1) is 34.9. The van der Waals surface area contributed by atoms with Crippen molar-refractivity contribution in [3.63, 3.8) is 0 Å². The average molecular weight is 806 g/mol. The van der Waals surface area contributed by atoms with Crippen LogP contribution in [0.1, 0.15) is 13.8 Å². The Kier molecular flexibility index (Phi) is 7.91. The molecular weight excluding hydrogens is 776 g/mol. The predicted molar refractivity (Wildman–Crippen MR) is 235 cm³/mol. The molecule has 281 valence electrons. The van der Waals surface area contributed by atoms with E-state index in [0.717, 1.165) is 86.9 Å². The molecule has 8 aromatic carbocycles. The van der Waals surface area contributed by atoms with E-state index in [4.69, 9.17) is 39.9 Å². The van der Waals surface area contributed by atoms with E-state index in [1.54, 1.807) is 0 Å². The average Bonchev–Trinajstić information content (AvgIpc) is 3.98. The largest absolute Gasteiger partial charge is 2.00 e. The normalized spacial score (nSPS) is 11.8. The number of hydrogen-bond donors (Lipinski definition) is 0. The third-order valence-corrected chi connectivity index (χ3v) is 11.2. The molecule has 11 aromatic rings. The van der Waals surface area contributed by atoms with Gasteiger partial charge in [-0.15, -0.1) is 0 Å². The second-order valence-corrected chi connectivity index (χ2v) is 14.5. The van der Waals surface area contributed by atoms with E-state index < -0.39 is 0 Å². The Balaban J connectivity index is 0.00000130. The minimum absolute atomic E-state index is 0. The molecule has 0 saturated heterocycles. The molecule has 8 bridgehead atoms. The summed E-state index contributed by atoms with van der Waals surface area (Å²) in [6, 6.07) is 50.4. The molecule has 59 heavy (non-hydrogen) atoms. The van der Waals surface area contributed by atoms with Crippen molar-refractivity contribution < 1.29 is 17.1 Å². The molecule has 9 heteroatoms. The summed E-state index contributed by atoms with van der Waals surface area (Å²) in [5, 5.41) is 12.2. The molecule has 2 aliphatic rings. The summed E-state index contributed by atoms with van der Waals surface area (Å²) in [5.74, 6) is 2.14. The van der Waals surface area contributed by atoms with Crippen LogP contribution in [0.5, 0.6) is 0 Å². The molecule has 1 radical (unpaired) electrons. The smallest absolute Gasteiger partial charge is 0.357 e. The third kappa shape index (κ3) is 5.43. The molecule has 0 atom stereocenters. The first-order chi connectivity index (χ1) is 28.7. The zero-order chi connectivity index (χ0) is 38.5. The van der Waals surface area contributed by atoms with Crippen LogP contribution in [0.15, 0.2) is 146 Å². The molecule has 0 saturated carbocycles. The van der Waals surface area contributed by atoms with Gasteiger partial charge >= 0.3 is 17.1 Å². The van der Waals surface area contributed by atoms with E-state index in [1.807, 2.05) is 62.4 Å². The Morgan fingerprint density at radius 1 is 0.288 bits per heavy atom. The summed E-state index contributed by atoms with van der Waals surface area (Å²) in [4.78, 5) is 41.6. The summed E-state index contributed by atoms with van der Waals surface area (Å²) >= 11 is 0. The Bertz CT molecular complexity index is 3260. The van der Waals surface area contributed by atoms with Crippen LogP contribution in [0.3, 0.4) is 0 Å². The fourth-order valence-corrected chi connectivity index (χ4v) is 8.41. The molecular formula is C50H30CuN8. The molecule has 3 aromatic heterocycles. The molecule has 0 unspecified atom stereocenters. The van der Waals surface area contributed by atoms with Crippen molar-refractivity contribution in [1.82, 2.24) is 39.9 Å². The summed E-state index contributed by atoms with van der Waals surface area (Å²) in [5.41, 5.74) is 5.67. The van der Waals surface area contributed by atoms with Gasteiger partial charge in [-0.25, -0.2) is 9.97 Å². The second-order valence-electron chi connectivity index (χ2n) is 14.5. The van der Waals surface area contributed by atoms with Gasteiger partial charge in [0.15, 0.2) is 0 Å². The Hall–Kier alpha value is -7.32. The first-order valence-corrected chi connectivity index (χ1v) is 19.5. The van der Waals surface area contributed by atoms with Crippen LogP contribution in [-0.4, -0.2) is 29.9 Å². The summed E-state index contributed by atoms with van der Waals surface area (Å²) < 4.78 is 0. The molecule has 8 nitrogen and oxygen atoms in total. The van der Waals surface area contributed by atoms with Crippen molar-refractivity contribution in [2.75, 3.05) is 0 Å². The van der Waals surface area contributed by atoms with Gasteiger partial charge < -0.3 is 29.9 Å². The van der Waals surface area contributed by atoms with Crippen LogP contribution in [-0.2, 0) is 17.1 Å². The molecule has 2 aliphatic heterocycles. The van der Waals surface area contributed by atoms with Gasteiger partial charge in [-0.2, -0.15) is 0 Å². The van der Waals surface area contributed by atoms with E-state index in [-0.39, 0.29) is 17.1 Å². The van der Waals surface area contributed by atoms with Gasteiger partial charge in [0.25, 0.3) is 0 Å². The van der Waals surface area contributed by atoms with Crippen LogP contribution in [0.25, 0.3) is 133 Å². The van der Waals surface area contributed by atoms with E-state index >= 15 is 0 Å². The van der Waals surface area contributed by atoms with Crippen LogP contribution >= 0.6 is 0 Å². The van der Waals surface area contributed by atoms with Crippen LogP contribution in [0.2, 0.25) is 0 Å². The maximum absolute atomic E-state index is 5.24. The second kappa shape index (κ2) is 13.4. The van der Waals surface area contributed by atoms with Crippen molar-refractivity contribution >= 4 is 87.2 Å². The number of hydrogen-bond acceptors (Lipinski definition) is 6. The standard InChI is InChI=1S/C48H24N8.C2H6.Cu/c1-2-10-26-18-34-33(17-25(26)9-1)41-49-42(34)54-44-37-21-29-13-5-6-14-30(29)22-38(37)46(51-44)56-48-40-24-32-16-8-7-15-31(32)23-39(40)47(52-48)55-45-36-20-28-12-4-3-11-27(28)19-35(36)43(50-45)53-41;1-2;/h1-24H;1-2H3;/q-2;;+2. The van der Waals surface area contributed by atoms with Gasteiger partial charge in [0.05, 0.1) is 23.3 Å². The summed E-state index contributed by atoms with van der Waals surface area (Å²) in [6.45, 7) is 4.00. The monoisotopic (exact) mass is 805 g/mol. The minimum atomic E-state index is 0. The van der Waals surface area contributed by atoms with E-state index in [9.17, 15) is 0 Å². The van der Waals surface area contributed by atoms with Crippen LogP contribution in [0.4, 0.5) is 0 Å². The van der Waals surface area contributed by atoms with Gasteiger partial charge in [-0.05, 0) is 113 Å². The number of nitrogens with zero attached hydrogens (tertiary/aromatic N) is 8. The zero-order valence-corrected chi connectivity index (χ0v) is 32.7. The Labute approximate surface area is 347 Å². The quantitative estimate of drug-likeness (QED) is 0.140. The maximum atomic E-state index is 5.24. The van der Waals surface area contributed by atoms with Crippen molar-refractivity contribution in [2.45, 2.75) is 13.8 Å². The minimum Gasteiger partial charge on any atom is -0.357 e. The molecule has 0 fully saturated rings. The number of aromatic nitrogens is 8. The van der Waals surface area contributed by atoms with Crippen molar-refractivity contribution in [3.8, 4) is 45.6 Å². The number of fused-ring (bicyclic) bond motifs is 24. The fraction of sp³-hybridized carbons (Fsp3) is 0.0400. The van der Waals surface area contributed by atoms with Crippen molar-refractivity contribution in [1.29, 1.82) is 0 Å². The van der Waals surface area contributed by atoms with Gasteiger partial charge in [-0.1, -0.05) is 111 Å². The predicted octanol–water partition coefficient (Wildman–Crippen LogP) is 11.8. The van der Waals surface area contributed by atoms with Gasteiger partial charge in [-0.3, -0.25) is 0 Å². The molecule has 0 spiro atoms. The molecule has 13 rings (SSSR count). The van der Waals surface area contributed by atoms with Gasteiger partial charge in [0.2, 0.25) is 0 Å². The number of rotatable bonds is 0. The van der Waals surface area contributed by atoms with Crippen LogP contribution in [0, 0.1) is 0 Å². The zero-order valence-electron chi connectivity index (χ0n) is 31.7. The first-order valence-electron chi connectivity index (χ1n) is 19.5. The molecule has 5 heterocycles. The summed E-state index contributed by atoms with van der Waals surface area (Å²) in [7, 11) is 0.